The molecule has 37 heavy (non-hydrogen) atoms. The van der Waals surface area contributed by atoms with Gasteiger partial charge in [0.25, 0.3) is 0 Å². The Morgan fingerprint density at radius 2 is 1.81 bits per heavy atom. The van der Waals surface area contributed by atoms with Crippen LogP contribution in [0.2, 0.25) is 0 Å². The lowest BCUT2D eigenvalue weighted by Gasteiger charge is -2.30. The van der Waals surface area contributed by atoms with E-state index in [9.17, 15) is 15.3 Å². The smallest absolute Gasteiger partial charge is 0.240 e. The summed E-state index contributed by atoms with van der Waals surface area (Å²) in [6.07, 6.45) is 1.64. The van der Waals surface area contributed by atoms with Gasteiger partial charge in [-0.2, -0.15) is 10.5 Å². The number of nitrogens with two attached hydrogens (primary N) is 1. The highest BCUT2D eigenvalue weighted by Gasteiger charge is 2.31. The standard InChI is InChI=1S/C28H25N5O3S/c1-2-14-36-21-10-8-19(9-11-21)24-22(17-29)26(31)32-27(23(24)18-30)37-25(20-6-4-3-5-7-20)28(34)33-12-15-35-16-13-33/h2-11,25H,1,12-16H2,(H2,31,32). The molecule has 1 fully saturated rings. The van der Waals surface area contributed by atoms with Gasteiger partial charge < -0.3 is 20.1 Å². The van der Waals surface area contributed by atoms with Crippen LogP contribution in [0, 0.1) is 22.7 Å². The van der Waals surface area contributed by atoms with Gasteiger partial charge in [-0.05, 0) is 23.3 Å². The quantitative estimate of drug-likeness (QED) is 0.350. The third-order valence-electron chi connectivity index (χ3n) is 5.81. The molecule has 0 spiro atoms. The first-order valence-electron chi connectivity index (χ1n) is 11.6. The fourth-order valence-electron chi connectivity index (χ4n) is 4.00. The van der Waals surface area contributed by atoms with Crippen LogP contribution < -0.4 is 10.5 Å². The first-order valence-corrected chi connectivity index (χ1v) is 12.5. The second-order valence-corrected chi connectivity index (χ2v) is 9.21. The maximum absolute atomic E-state index is 13.6. The Morgan fingerprint density at radius 3 is 2.43 bits per heavy atom. The van der Waals surface area contributed by atoms with E-state index in [4.69, 9.17) is 15.2 Å². The van der Waals surface area contributed by atoms with Gasteiger partial charge in [-0.25, -0.2) is 4.98 Å². The summed E-state index contributed by atoms with van der Waals surface area (Å²) in [5.74, 6) is 0.521. The maximum Gasteiger partial charge on any atom is 0.240 e. The topological polar surface area (TPSA) is 125 Å². The zero-order valence-corrected chi connectivity index (χ0v) is 20.9. The minimum absolute atomic E-state index is 0.00313. The largest absolute Gasteiger partial charge is 0.490 e. The number of pyridine rings is 1. The van der Waals surface area contributed by atoms with E-state index in [2.05, 4.69) is 23.7 Å². The zero-order valence-electron chi connectivity index (χ0n) is 20.1. The van der Waals surface area contributed by atoms with Gasteiger partial charge in [0.15, 0.2) is 0 Å². The van der Waals surface area contributed by atoms with Crippen molar-refractivity contribution in [3.8, 4) is 29.0 Å². The summed E-state index contributed by atoms with van der Waals surface area (Å²) in [5, 5.41) is 19.7. The number of nitrogen functional groups attached to an aromatic ring is 1. The van der Waals surface area contributed by atoms with Crippen molar-refractivity contribution < 1.29 is 14.3 Å². The van der Waals surface area contributed by atoms with Crippen molar-refractivity contribution in [1.82, 2.24) is 9.88 Å². The number of hydrogen-bond acceptors (Lipinski definition) is 8. The lowest BCUT2D eigenvalue weighted by atomic mass is 9.97. The SMILES string of the molecule is C=CCOc1ccc(-c2c(C#N)c(N)nc(SC(C(=O)N3CCOCC3)c3ccccc3)c2C#N)cc1. The summed E-state index contributed by atoms with van der Waals surface area (Å²) >= 11 is 1.16. The molecule has 1 aromatic heterocycles. The number of nitriles is 2. The monoisotopic (exact) mass is 511 g/mol. The zero-order chi connectivity index (χ0) is 26.2. The molecule has 1 aliphatic heterocycles. The van der Waals surface area contributed by atoms with Gasteiger partial charge in [0.05, 0.1) is 18.8 Å². The van der Waals surface area contributed by atoms with Gasteiger partial charge in [0, 0.05) is 18.7 Å². The number of hydrogen-bond donors (Lipinski definition) is 1. The Hall–Kier alpha value is -4.31. The average molecular weight is 512 g/mol. The first kappa shape index (κ1) is 25.8. The molecular formula is C28H25N5O3S. The van der Waals surface area contributed by atoms with Crippen LogP contribution in [0.4, 0.5) is 5.82 Å². The molecule has 9 heteroatoms. The van der Waals surface area contributed by atoms with Crippen molar-refractivity contribution in [3.63, 3.8) is 0 Å². The highest BCUT2D eigenvalue weighted by molar-refractivity contribution is 8.00. The van der Waals surface area contributed by atoms with Crippen LogP contribution in [0.3, 0.4) is 0 Å². The molecule has 186 valence electrons. The van der Waals surface area contributed by atoms with Crippen LogP contribution in [0.15, 0.2) is 72.3 Å². The van der Waals surface area contributed by atoms with Gasteiger partial charge >= 0.3 is 0 Å². The van der Waals surface area contributed by atoms with Gasteiger partial charge in [0.1, 0.15) is 46.2 Å². The van der Waals surface area contributed by atoms with Crippen LogP contribution in [-0.4, -0.2) is 48.7 Å². The molecule has 1 aliphatic rings. The van der Waals surface area contributed by atoms with E-state index < -0.39 is 5.25 Å². The van der Waals surface area contributed by atoms with Crippen LogP contribution in [0.1, 0.15) is 21.9 Å². The minimum atomic E-state index is -0.659. The molecule has 8 nitrogen and oxygen atoms in total. The Labute approximate surface area is 219 Å². The number of carbonyl (C=O) groups excluding carboxylic acids is 1. The summed E-state index contributed by atoms with van der Waals surface area (Å²) in [4.78, 5) is 19.8. The van der Waals surface area contributed by atoms with Crippen LogP contribution in [0.5, 0.6) is 5.75 Å². The fourth-order valence-corrected chi connectivity index (χ4v) is 5.18. The van der Waals surface area contributed by atoms with Crippen molar-refractivity contribution in [2.24, 2.45) is 0 Å². The van der Waals surface area contributed by atoms with E-state index in [1.165, 1.54) is 0 Å². The molecule has 0 radical (unpaired) electrons. The van der Waals surface area contributed by atoms with Gasteiger partial charge in [-0.1, -0.05) is 66.9 Å². The van der Waals surface area contributed by atoms with Gasteiger partial charge in [0.2, 0.25) is 5.91 Å². The number of benzene rings is 2. The number of ether oxygens (including phenoxy) is 2. The minimum Gasteiger partial charge on any atom is -0.490 e. The normalized spacial score (nSPS) is 13.7. The second kappa shape index (κ2) is 12.1. The van der Waals surface area contributed by atoms with Crippen LogP contribution >= 0.6 is 11.8 Å². The number of amides is 1. The number of anilines is 1. The lowest BCUT2D eigenvalue weighted by Crippen LogP contribution is -2.42. The van der Waals surface area contributed by atoms with Crippen LogP contribution in [-0.2, 0) is 9.53 Å². The average Bonchev–Trinajstić information content (AvgIpc) is 2.95. The molecule has 3 aromatic rings. The summed E-state index contributed by atoms with van der Waals surface area (Å²) in [5.41, 5.74) is 8.29. The molecule has 2 heterocycles. The molecule has 2 aromatic carbocycles. The van der Waals surface area contributed by atoms with Crippen molar-refractivity contribution >= 4 is 23.5 Å². The van der Waals surface area contributed by atoms with E-state index in [-0.39, 0.29) is 27.9 Å². The van der Waals surface area contributed by atoms with E-state index in [0.717, 1.165) is 17.3 Å². The number of nitrogens with zero attached hydrogens (tertiary/aromatic N) is 4. The van der Waals surface area contributed by atoms with Crippen LogP contribution in [0.25, 0.3) is 11.1 Å². The summed E-state index contributed by atoms with van der Waals surface area (Å²) in [6.45, 7) is 5.92. The van der Waals surface area contributed by atoms with E-state index in [1.54, 1.807) is 35.2 Å². The Bertz CT molecular complexity index is 1360. The van der Waals surface area contributed by atoms with Crippen molar-refractivity contribution in [3.05, 3.63) is 83.9 Å². The first-order chi connectivity index (χ1) is 18.1. The second-order valence-electron chi connectivity index (χ2n) is 8.12. The molecular weight excluding hydrogens is 486 g/mol. The molecule has 0 saturated carbocycles. The highest BCUT2D eigenvalue weighted by atomic mass is 32.2. The molecule has 1 unspecified atom stereocenters. The van der Waals surface area contributed by atoms with Crippen molar-refractivity contribution in [2.45, 2.75) is 10.3 Å². The number of rotatable bonds is 8. The molecule has 0 aliphatic carbocycles. The number of carbonyl (C=O) groups is 1. The highest BCUT2D eigenvalue weighted by Crippen LogP contribution is 2.42. The van der Waals surface area contributed by atoms with Crippen molar-refractivity contribution in [2.75, 3.05) is 38.6 Å². The number of thioether (sulfide) groups is 1. The molecule has 4 rings (SSSR count). The Balaban J connectivity index is 1.79. The predicted octanol–water partition coefficient (Wildman–Crippen LogP) is 4.33. The number of morpholine rings is 1. The molecule has 1 saturated heterocycles. The van der Waals surface area contributed by atoms with E-state index in [0.29, 0.717) is 49.8 Å². The van der Waals surface area contributed by atoms with Gasteiger partial charge in [-0.3, -0.25) is 4.79 Å². The predicted molar refractivity (Wildman–Crippen MR) is 142 cm³/mol. The fraction of sp³-hybridized carbons (Fsp3) is 0.214. The third kappa shape index (κ3) is 5.75. The van der Waals surface area contributed by atoms with E-state index in [1.807, 2.05) is 30.3 Å². The lowest BCUT2D eigenvalue weighted by molar-refractivity contribution is -0.134. The Morgan fingerprint density at radius 1 is 1.14 bits per heavy atom. The maximum atomic E-state index is 13.6. The van der Waals surface area contributed by atoms with E-state index >= 15 is 0 Å². The van der Waals surface area contributed by atoms with Gasteiger partial charge in [-0.15, -0.1) is 0 Å². The summed E-state index contributed by atoms with van der Waals surface area (Å²) < 4.78 is 11.0. The molecule has 1 atom stereocenters. The summed E-state index contributed by atoms with van der Waals surface area (Å²) in [7, 11) is 0. The Kier molecular flexibility index (Phi) is 8.42. The van der Waals surface area contributed by atoms with Crippen molar-refractivity contribution in [1.29, 1.82) is 10.5 Å². The molecule has 2 N–H and O–H groups in total. The number of aromatic nitrogens is 1. The summed E-state index contributed by atoms with van der Waals surface area (Å²) in [6, 6.07) is 20.7. The molecule has 1 amide bonds. The third-order valence-corrected chi connectivity index (χ3v) is 7.03. The molecule has 0 bridgehead atoms.